The fourth-order valence-electron chi connectivity index (χ4n) is 4.09. The molecule has 2 aromatic rings. The molecule has 8 heteroatoms. The topological polar surface area (TPSA) is 58.4 Å². The van der Waals surface area contributed by atoms with Gasteiger partial charge in [-0.2, -0.15) is 0 Å². The molecule has 0 saturated carbocycles. The monoisotopic (exact) mass is 378 g/mol. The SMILES string of the molecule is C=S1(=O)CC2CN(C)C(C)CN2c2c1c(=O)n(C)c1nc(C)c(F)cc21. The number of aromatic nitrogens is 2. The summed E-state index contributed by atoms with van der Waals surface area (Å²) in [6.07, 6.45) is 0. The molecule has 1 fully saturated rings. The van der Waals surface area contributed by atoms with Gasteiger partial charge in [0.2, 0.25) is 0 Å². The molecule has 0 aliphatic carbocycles. The molecule has 0 bridgehead atoms. The first kappa shape index (κ1) is 17.5. The van der Waals surface area contributed by atoms with Gasteiger partial charge in [0.25, 0.3) is 5.56 Å². The number of likely N-dealkylation sites (N-methyl/N-ethyl adjacent to an activating group) is 1. The van der Waals surface area contributed by atoms with Crippen molar-refractivity contribution in [2.45, 2.75) is 30.8 Å². The van der Waals surface area contributed by atoms with Crippen LogP contribution in [-0.2, 0) is 16.6 Å². The highest BCUT2D eigenvalue weighted by Gasteiger charge is 2.41. The van der Waals surface area contributed by atoms with Gasteiger partial charge in [-0.05, 0) is 32.8 Å². The Morgan fingerprint density at radius 1 is 1.35 bits per heavy atom. The third kappa shape index (κ3) is 2.31. The van der Waals surface area contributed by atoms with Crippen LogP contribution in [0.4, 0.5) is 10.1 Å². The van der Waals surface area contributed by atoms with Gasteiger partial charge in [0.05, 0.1) is 17.4 Å². The lowest BCUT2D eigenvalue weighted by Crippen LogP contribution is -2.61. The number of anilines is 1. The van der Waals surface area contributed by atoms with E-state index in [9.17, 15) is 13.4 Å². The molecule has 0 amide bonds. The van der Waals surface area contributed by atoms with Gasteiger partial charge in [0, 0.05) is 46.8 Å². The lowest BCUT2D eigenvalue weighted by atomic mass is 10.1. The van der Waals surface area contributed by atoms with Gasteiger partial charge in [-0.3, -0.25) is 18.5 Å². The van der Waals surface area contributed by atoms with Crippen LogP contribution in [0.5, 0.6) is 0 Å². The Kier molecular flexibility index (Phi) is 3.72. The zero-order chi connectivity index (χ0) is 19.0. The summed E-state index contributed by atoms with van der Waals surface area (Å²) in [6.45, 7) is 5.09. The lowest BCUT2D eigenvalue weighted by Gasteiger charge is -2.48. The first-order valence-electron chi connectivity index (χ1n) is 8.63. The molecule has 26 heavy (non-hydrogen) atoms. The van der Waals surface area contributed by atoms with Gasteiger partial charge >= 0.3 is 0 Å². The van der Waals surface area contributed by atoms with Crippen molar-refractivity contribution in [3.8, 4) is 0 Å². The molecule has 0 N–H and O–H groups in total. The highest BCUT2D eigenvalue weighted by Crippen LogP contribution is 2.39. The first-order valence-corrected chi connectivity index (χ1v) is 10.5. The van der Waals surface area contributed by atoms with E-state index < -0.39 is 15.3 Å². The summed E-state index contributed by atoms with van der Waals surface area (Å²) < 4.78 is 29.1. The van der Waals surface area contributed by atoms with Gasteiger partial charge < -0.3 is 4.90 Å². The largest absolute Gasteiger partial charge is 0.363 e. The van der Waals surface area contributed by atoms with Crippen molar-refractivity contribution >= 4 is 32.1 Å². The van der Waals surface area contributed by atoms with Crippen molar-refractivity contribution in [1.82, 2.24) is 14.5 Å². The molecule has 6 nitrogen and oxygen atoms in total. The van der Waals surface area contributed by atoms with Crippen molar-refractivity contribution in [3.05, 3.63) is 27.9 Å². The van der Waals surface area contributed by atoms with Crippen molar-refractivity contribution in [2.24, 2.45) is 7.05 Å². The van der Waals surface area contributed by atoms with Crippen molar-refractivity contribution in [3.63, 3.8) is 0 Å². The molecule has 140 valence electrons. The van der Waals surface area contributed by atoms with E-state index in [1.807, 2.05) is 7.05 Å². The molecule has 2 aromatic heterocycles. The molecule has 0 aromatic carbocycles. The van der Waals surface area contributed by atoms with Crippen LogP contribution in [0.3, 0.4) is 0 Å². The zero-order valence-corrected chi connectivity index (χ0v) is 16.3. The average molecular weight is 378 g/mol. The van der Waals surface area contributed by atoms with Crippen LogP contribution in [0.1, 0.15) is 12.6 Å². The predicted molar refractivity (Wildman–Crippen MR) is 103 cm³/mol. The smallest absolute Gasteiger partial charge is 0.269 e. The predicted octanol–water partition coefficient (Wildman–Crippen LogP) is 0.979. The molecular formula is C18H23FN4O2S. The number of fused-ring (bicyclic) bond motifs is 5. The summed E-state index contributed by atoms with van der Waals surface area (Å²) in [6, 6.07) is 1.66. The number of aryl methyl sites for hydroxylation is 2. The summed E-state index contributed by atoms with van der Waals surface area (Å²) in [5.74, 6) is 3.81. The van der Waals surface area contributed by atoms with E-state index in [1.165, 1.54) is 10.6 Å². The molecular weight excluding hydrogens is 355 g/mol. The van der Waals surface area contributed by atoms with Crippen LogP contribution in [-0.4, -0.2) is 62.5 Å². The van der Waals surface area contributed by atoms with Crippen molar-refractivity contribution < 1.29 is 8.60 Å². The Bertz CT molecular complexity index is 1090. The second-order valence-corrected chi connectivity index (χ2v) is 9.91. The van der Waals surface area contributed by atoms with Gasteiger partial charge in [-0.15, -0.1) is 0 Å². The van der Waals surface area contributed by atoms with Crippen molar-refractivity contribution in [2.75, 3.05) is 30.8 Å². The summed E-state index contributed by atoms with van der Waals surface area (Å²) in [7, 11) is 0.851. The Balaban J connectivity index is 2.14. The Morgan fingerprint density at radius 2 is 2.04 bits per heavy atom. The summed E-state index contributed by atoms with van der Waals surface area (Å²) in [4.78, 5) is 21.9. The molecule has 3 atom stereocenters. The second-order valence-electron chi connectivity index (χ2n) is 7.54. The third-order valence-corrected chi connectivity index (χ3v) is 7.73. The first-order chi connectivity index (χ1) is 12.1. The number of hydrogen-bond donors (Lipinski definition) is 0. The summed E-state index contributed by atoms with van der Waals surface area (Å²) in [5, 5.41) is 0.531. The van der Waals surface area contributed by atoms with E-state index in [0.717, 1.165) is 6.54 Å². The minimum atomic E-state index is -2.77. The van der Waals surface area contributed by atoms with Gasteiger partial charge in [-0.25, -0.2) is 9.37 Å². The number of halogens is 1. The molecule has 1 saturated heterocycles. The van der Waals surface area contributed by atoms with Crippen LogP contribution >= 0.6 is 0 Å². The third-order valence-electron chi connectivity index (χ3n) is 5.69. The van der Waals surface area contributed by atoms with Gasteiger partial charge in [0.15, 0.2) is 0 Å². The van der Waals surface area contributed by atoms with E-state index in [0.29, 0.717) is 29.0 Å². The van der Waals surface area contributed by atoms with E-state index in [4.69, 9.17) is 0 Å². The lowest BCUT2D eigenvalue weighted by molar-refractivity contribution is 0.205. The molecule has 2 aliphatic heterocycles. The Labute approximate surface area is 152 Å². The number of piperazine rings is 1. The van der Waals surface area contributed by atoms with Crippen LogP contribution in [0.25, 0.3) is 11.0 Å². The van der Waals surface area contributed by atoms with E-state index in [2.05, 4.69) is 27.6 Å². The Hall–Kier alpha value is -1.93. The zero-order valence-electron chi connectivity index (χ0n) is 15.5. The molecule has 2 aliphatic rings. The van der Waals surface area contributed by atoms with Crippen LogP contribution in [0.15, 0.2) is 15.8 Å². The minimum Gasteiger partial charge on any atom is -0.363 e. The van der Waals surface area contributed by atoms with Crippen LogP contribution in [0.2, 0.25) is 0 Å². The molecule has 0 radical (unpaired) electrons. The molecule has 3 unspecified atom stereocenters. The number of hydrogen-bond acceptors (Lipinski definition) is 5. The van der Waals surface area contributed by atoms with Crippen LogP contribution in [0, 0.1) is 12.7 Å². The quantitative estimate of drug-likeness (QED) is 0.640. The molecule has 4 heterocycles. The second kappa shape index (κ2) is 5.53. The van der Waals surface area contributed by atoms with Crippen molar-refractivity contribution in [1.29, 1.82) is 0 Å². The average Bonchev–Trinajstić information content (AvgIpc) is 2.55. The van der Waals surface area contributed by atoms with Gasteiger partial charge in [0.1, 0.15) is 16.4 Å². The minimum absolute atomic E-state index is 0.0200. The maximum atomic E-state index is 14.3. The maximum absolute atomic E-state index is 14.3. The normalized spacial score (nSPS) is 28.9. The van der Waals surface area contributed by atoms with E-state index >= 15 is 0 Å². The molecule has 4 rings (SSSR count). The highest BCUT2D eigenvalue weighted by molar-refractivity contribution is 8.00. The molecule has 0 spiro atoms. The standard InChI is InChI=1S/C18H23FN4O2S/c1-10-7-23-12(8-21(10)3)9-26(5,25)16-15(23)13-6-14(19)11(2)20-17(13)22(4)18(16)24/h6,10,12H,5,7-9H2,1-4H3. The number of nitrogens with zero attached hydrogens (tertiary/aromatic N) is 4. The van der Waals surface area contributed by atoms with Crippen LogP contribution < -0.4 is 10.5 Å². The fraction of sp³-hybridized carbons (Fsp3) is 0.500. The van der Waals surface area contributed by atoms with E-state index in [1.54, 1.807) is 14.0 Å². The number of pyridine rings is 2. The highest BCUT2D eigenvalue weighted by atomic mass is 32.2. The Morgan fingerprint density at radius 3 is 2.73 bits per heavy atom. The summed E-state index contributed by atoms with van der Waals surface area (Å²) >= 11 is 0. The van der Waals surface area contributed by atoms with Gasteiger partial charge in [-0.1, -0.05) is 0 Å². The number of rotatable bonds is 0. The fourth-order valence-corrected chi connectivity index (χ4v) is 6.19. The van der Waals surface area contributed by atoms with E-state index in [-0.39, 0.29) is 28.2 Å². The summed E-state index contributed by atoms with van der Waals surface area (Å²) in [5.41, 5.74) is 0.860. The maximum Gasteiger partial charge on any atom is 0.269 e.